The van der Waals surface area contributed by atoms with Crippen molar-refractivity contribution in [2.24, 2.45) is 0 Å². The molecule has 2 aromatic carbocycles. The number of amides is 1. The van der Waals surface area contributed by atoms with Crippen molar-refractivity contribution in [3.8, 4) is 23.0 Å². The monoisotopic (exact) mass is 351 g/mol. The maximum absolute atomic E-state index is 12.4. The number of benzene rings is 2. The van der Waals surface area contributed by atoms with E-state index in [1.807, 2.05) is 30.3 Å². The van der Waals surface area contributed by atoms with Crippen LogP contribution in [0.25, 0.3) is 11.5 Å². The van der Waals surface area contributed by atoms with E-state index in [1.165, 1.54) is 0 Å². The fourth-order valence-electron chi connectivity index (χ4n) is 2.67. The lowest BCUT2D eigenvalue weighted by molar-refractivity contribution is 0.0150. The molecule has 26 heavy (non-hydrogen) atoms. The summed E-state index contributed by atoms with van der Waals surface area (Å²) in [5.74, 6) is 1.52. The molecule has 1 fully saturated rings. The third-order valence-corrected chi connectivity index (χ3v) is 4.13. The summed E-state index contributed by atoms with van der Waals surface area (Å²) in [5, 5.41) is 7.82. The highest BCUT2D eigenvalue weighted by Crippen LogP contribution is 2.23. The van der Waals surface area contributed by atoms with Crippen LogP contribution in [0.5, 0.6) is 11.5 Å². The zero-order valence-corrected chi connectivity index (χ0v) is 14.2. The topological polar surface area (TPSA) is 77.7 Å². The number of ether oxygens (including phenoxy) is 2. The summed E-state index contributed by atoms with van der Waals surface area (Å²) in [4.78, 5) is 14.0. The molecule has 1 amide bonds. The molecule has 0 bridgehead atoms. The Morgan fingerprint density at radius 1 is 1.04 bits per heavy atom. The summed E-state index contributed by atoms with van der Waals surface area (Å²) < 4.78 is 16.4. The van der Waals surface area contributed by atoms with Gasteiger partial charge in [0.25, 0.3) is 0 Å². The summed E-state index contributed by atoms with van der Waals surface area (Å²) in [6.07, 6.45) is -0.0228. The van der Waals surface area contributed by atoms with Gasteiger partial charge in [0.2, 0.25) is 5.89 Å². The van der Waals surface area contributed by atoms with E-state index in [2.05, 4.69) is 10.2 Å². The van der Waals surface area contributed by atoms with Crippen molar-refractivity contribution in [3.05, 3.63) is 60.5 Å². The zero-order chi connectivity index (χ0) is 17.9. The minimum Gasteiger partial charge on any atom is -0.497 e. The van der Waals surface area contributed by atoms with Gasteiger partial charge in [-0.1, -0.05) is 18.2 Å². The van der Waals surface area contributed by atoms with Gasteiger partial charge >= 0.3 is 11.8 Å². The second-order valence-electron chi connectivity index (χ2n) is 5.90. The van der Waals surface area contributed by atoms with Crippen LogP contribution in [0.2, 0.25) is 0 Å². The van der Waals surface area contributed by atoms with E-state index in [1.54, 1.807) is 36.3 Å². The molecule has 1 aliphatic rings. The van der Waals surface area contributed by atoms with Crippen LogP contribution in [-0.2, 0) is 0 Å². The number of hydrogen-bond acceptors (Lipinski definition) is 6. The largest absolute Gasteiger partial charge is 0.497 e. The molecule has 3 aromatic rings. The highest BCUT2D eigenvalue weighted by molar-refractivity contribution is 5.90. The fourth-order valence-corrected chi connectivity index (χ4v) is 2.67. The standard InChI is InChI=1S/C19H17N3O4/c1-24-14-9-7-13(8-10-14)17-20-21-18(26-17)19(23)22-11-16(12-22)25-15-5-3-2-4-6-15/h2-10,16H,11-12H2,1H3. The van der Waals surface area contributed by atoms with Crippen LogP contribution in [-0.4, -0.2) is 47.3 Å². The Balaban J connectivity index is 1.37. The van der Waals surface area contributed by atoms with Crippen LogP contribution < -0.4 is 9.47 Å². The van der Waals surface area contributed by atoms with Gasteiger partial charge in [0.05, 0.1) is 20.2 Å². The van der Waals surface area contributed by atoms with Crippen LogP contribution in [0.3, 0.4) is 0 Å². The van der Waals surface area contributed by atoms with Crippen LogP contribution in [0, 0.1) is 0 Å². The van der Waals surface area contributed by atoms with Gasteiger partial charge in [0.15, 0.2) is 0 Å². The number of para-hydroxylation sites is 1. The van der Waals surface area contributed by atoms with E-state index in [4.69, 9.17) is 13.9 Å². The lowest BCUT2D eigenvalue weighted by atomic mass is 10.1. The van der Waals surface area contributed by atoms with Crippen molar-refractivity contribution >= 4 is 5.91 Å². The first-order valence-electron chi connectivity index (χ1n) is 8.22. The average Bonchev–Trinajstić information content (AvgIpc) is 3.15. The molecule has 1 aliphatic heterocycles. The van der Waals surface area contributed by atoms with Gasteiger partial charge in [-0.25, -0.2) is 0 Å². The maximum Gasteiger partial charge on any atom is 0.311 e. The number of aromatic nitrogens is 2. The first-order chi connectivity index (χ1) is 12.7. The second kappa shape index (κ2) is 6.87. The van der Waals surface area contributed by atoms with Gasteiger partial charge in [-0.05, 0) is 36.4 Å². The molecule has 0 spiro atoms. The molecule has 7 nitrogen and oxygen atoms in total. The van der Waals surface area contributed by atoms with E-state index >= 15 is 0 Å². The fraction of sp³-hybridized carbons (Fsp3) is 0.211. The van der Waals surface area contributed by atoms with Gasteiger partial charge in [-0.15, -0.1) is 10.2 Å². The molecule has 4 rings (SSSR count). The van der Waals surface area contributed by atoms with E-state index in [0.717, 1.165) is 17.1 Å². The van der Waals surface area contributed by atoms with Crippen molar-refractivity contribution in [3.63, 3.8) is 0 Å². The number of methoxy groups -OCH3 is 1. The third kappa shape index (κ3) is 3.23. The summed E-state index contributed by atoms with van der Waals surface area (Å²) >= 11 is 0. The number of carbonyl (C=O) groups excluding carboxylic acids is 1. The number of likely N-dealkylation sites (tertiary alicyclic amines) is 1. The predicted octanol–water partition coefficient (Wildman–Crippen LogP) is 2.65. The lowest BCUT2D eigenvalue weighted by Gasteiger charge is -2.38. The lowest BCUT2D eigenvalue weighted by Crippen LogP contribution is -2.56. The van der Waals surface area contributed by atoms with Crippen LogP contribution in [0.15, 0.2) is 59.0 Å². The number of carbonyl (C=O) groups is 1. The average molecular weight is 351 g/mol. The Hall–Kier alpha value is -3.35. The predicted molar refractivity (Wildman–Crippen MR) is 93.0 cm³/mol. The van der Waals surface area contributed by atoms with Gasteiger partial charge in [0.1, 0.15) is 17.6 Å². The molecular weight excluding hydrogens is 334 g/mol. The first-order valence-corrected chi connectivity index (χ1v) is 8.22. The second-order valence-corrected chi connectivity index (χ2v) is 5.90. The van der Waals surface area contributed by atoms with Gasteiger partial charge in [-0.3, -0.25) is 4.79 Å². The van der Waals surface area contributed by atoms with Crippen LogP contribution >= 0.6 is 0 Å². The molecule has 2 heterocycles. The number of rotatable bonds is 5. The molecule has 0 unspecified atom stereocenters. The summed E-state index contributed by atoms with van der Waals surface area (Å²) in [6.45, 7) is 0.988. The SMILES string of the molecule is COc1ccc(-c2nnc(C(=O)N3CC(Oc4ccccc4)C3)o2)cc1. The summed E-state index contributed by atoms with van der Waals surface area (Å²) in [7, 11) is 1.60. The minimum absolute atomic E-state index is 0.0195. The van der Waals surface area contributed by atoms with Crippen LogP contribution in [0.4, 0.5) is 0 Å². The molecule has 1 saturated heterocycles. The van der Waals surface area contributed by atoms with E-state index in [-0.39, 0.29) is 17.9 Å². The van der Waals surface area contributed by atoms with Gasteiger partial charge < -0.3 is 18.8 Å². The van der Waals surface area contributed by atoms with E-state index < -0.39 is 0 Å². The van der Waals surface area contributed by atoms with Crippen LogP contribution in [0.1, 0.15) is 10.7 Å². The molecule has 0 radical (unpaired) electrons. The smallest absolute Gasteiger partial charge is 0.311 e. The number of hydrogen-bond donors (Lipinski definition) is 0. The van der Waals surface area contributed by atoms with Crippen molar-refractivity contribution in [2.45, 2.75) is 6.10 Å². The third-order valence-electron chi connectivity index (χ3n) is 4.13. The molecule has 0 atom stereocenters. The summed E-state index contributed by atoms with van der Waals surface area (Å²) in [6, 6.07) is 16.7. The van der Waals surface area contributed by atoms with Crippen molar-refractivity contribution in [1.29, 1.82) is 0 Å². The maximum atomic E-state index is 12.4. The van der Waals surface area contributed by atoms with E-state index in [0.29, 0.717) is 19.0 Å². The Morgan fingerprint density at radius 3 is 2.46 bits per heavy atom. The highest BCUT2D eigenvalue weighted by atomic mass is 16.5. The van der Waals surface area contributed by atoms with E-state index in [9.17, 15) is 4.79 Å². The van der Waals surface area contributed by atoms with Crippen molar-refractivity contribution in [2.75, 3.05) is 20.2 Å². The minimum atomic E-state index is -0.287. The Bertz CT molecular complexity index is 887. The molecule has 0 aliphatic carbocycles. The van der Waals surface area contributed by atoms with Gasteiger partial charge in [-0.2, -0.15) is 0 Å². The number of nitrogens with zero attached hydrogens (tertiary/aromatic N) is 3. The molecule has 0 saturated carbocycles. The zero-order valence-electron chi connectivity index (χ0n) is 14.2. The Labute approximate surface area is 150 Å². The Morgan fingerprint density at radius 2 is 1.77 bits per heavy atom. The molecular formula is C19H17N3O4. The molecule has 132 valence electrons. The normalized spacial score (nSPS) is 14.0. The van der Waals surface area contributed by atoms with Gasteiger partial charge in [0, 0.05) is 5.56 Å². The Kier molecular flexibility index (Phi) is 4.27. The first kappa shape index (κ1) is 16.1. The highest BCUT2D eigenvalue weighted by Gasteiger charge is 2.35. The summed E-state index contributed by atoms with van der Waals surface area (Å²) in [5.41, 5.74) is 0.728. The molecule has 1 aromatic heterocycles. The molecule has 7 heteroatoms. The molecule has 0 N–H and O–H groups in total. The van der Waals surface area contributed by atoms with Crippen molar-refractivity contribution < 1.29 is 18.7 Å². The van der Waals surface area contributed by atoms with Crippen molar-refractivity contribution in [1.82, 2.24) is 15.1 Å². The quantitative estimate of drug-likeness (QED) is 0.703.